The van der Waals surface area contributed by atoms with E-state index < -0.39 is 0 Å². The minimum atomic E-state index is -0.266. The van der Waals surface area contributed by atoms with Crippen molar-refractivity contribution in [3.8, 4) is 0 Å². The van der Waals surface area contributed by atoms with Crippen LogP contribution in [-0.4, -0.2) is 75.5 Å². The summed E-state index contributed by atoms with van der Waals surface area (Å²) in [6.45, 7) is 14.8. The highest BCUT2D eigenvalue weighted by atomic mass is 16.6. The molecule has 0 aliphatic heterocycles. The van der Waals surface area contributed by atoms with Crippen molar-refractivity contribution >= 4 is 17.9 Å². The summed E-state index contributed by atoms with van der Waals surface area (Å²) in [5, 5.41) is 0. The Morgan fingerprint density at radius 1 is 0.424 bits per heavy atom. The van der Waals surface area contributed by atoms with E-state index in [4.69, 9.17) is 18.9 Å². The van der Waals surface area contributed by atoms with Gasteiger partial charge in [-0.05, 0) is 83.2 Å². The molecule has 0 unspecified atom stereocenters. The van der Waals surface area contributed by atoms with E-state index in [1.165, 1.54) is 103 Å². The molecule has 8 nitrogen and oxygen atoms in total. The average molecular weight is 838 g/mol. The van der Waals surface area contributed by atoms with Crippen molar-refractivity contribution in [2.75, 3.05) is 46.6 Å². The Bertz CT molecular complexity index is 854. The van der Waals surface area contributed by atoms with Gasteiger partial charge in [-0.2, -0.15) is 0 Å². The first kappa shape index (κ1) is 57.3. The van der Waals surface area contributed by atoms with E-state index in [1.807, 2.05) is 0 Å². The lowest BCUT2D eigenvalue weighted by atomic mass is 9.92. The summed E-state index contributed by atoms with van der Waals surface area (Å²) in [6, 6.07) is 0. The molecule has 0 saturated heterocycles. The van der Waals surface area contributed by atoms with Crippen molar-refractivity contribution in [1.29, 1.82) is 0 Å². The van der Waals surface area contributed by atoms with E-state index in [9.17, 15) is 14.4 Å². The van der Waals surface area contributed by atoms with Crippen molar-refractivity contribution < 1.29 is 33.3 Å². The molecule has 350 valence electrons. The molecule has 0 rings (SSSR count). The largest absolute Gasteiger partial charge is 0.466 e. The van der Waals surface area contributed by atoms with Crippen LogP contribution in [0.3, 0.4) is 0 Å². The summed E-state index contributed by atoms with van der Waals surface area (Å²) in [5.41, 5.74) is 0. The number of ether oxygens (including phenoxy) is 4. The van der Waals surface area contributed by atoms with E-state index in [2.05, 4.69) is 46.6 Å². The van der Waals surface area contributed by atoms with Gasteiger partial charge in [0.25, 0.3) is 0 Å². The van der Waals surface area contributed by atoms with Crippen LogP contribution >= 0.6 is 0 Å². The number of nitrogens with zero attached hydrogens (tertiary/aromatic N) is 1. The molecule has 0 fully saturated rings. The predicted octanol–water partition coefficient (Wildman–Crippen LogP) is 14.1. The summed E-state index contributed by atoms with van der Waals surface area (Å²) in [5.74, 6) is 1.01. The van der Waals surface area contributed by atoms with Crippen molar-refractivity contribution in [3.63, 3.8) is 0 Å². The zero-order chi connectivity index (χ0) is 43.4. The minimum absolute atomic E-state index is 0.00921. The fourth-order valence-corrected chi connectivity index (χ4v) is 8.00. The average Bonchev–Trinajstić information content (AvgIpc) is 3.22. The lowest BCUT2D eigenvalue weighted by Gasteiger charge is -2.18. The van der Waals surface area contributed by atoms with Gasteiger partial charge >= 0.3 is 17.9 Å². The monoisotopic (exact) mass is 838 g/mol. The van der Waals surface area contributed by atoms with Crippen LogP contribution in [0.4, 0.5) is 0 Å². The van der Waals surface area contributed by atoms with Crippen LogP contribution in [0.25, 0.3) is 0 Å². The van der Waals surface area contributed by atoms with Crippen LogP contribution < -0.4 is 0 Å². The maximum absolute atomic E-state index is 12.7. The van der Waals surface area contributed by atoms with Gasteiger partial charge in [-0.3, -0.25) is 9.59 Å². The molecule has 0 aromatic carbocycles. The third kappa shape index (κ3) is 40.2. The first-order valence-electron chi connectivity index (χ1n) is 25.6. The Morgan fingerprint density at radius 3 is 1.22 bits per heavy atom. The highest BCUT2D eigenvalue weighted by molar-refractivity contribution is 5.71. The second kappa shape index (κ2) is 44.4. The van der Waals surface area contributed by atoms with Gasteiger partial charge in [0.15, 0.2) is 0 Å². The SMILES string of the molecule is CCCCCC(CCCCC)CCOC(=O)CCCCCCCC(CCCCCCCC(=O)OCCC(CCCCC)CCCCC)OC(=O)COCCCN(C)CC. The van der Waals surface area contributed by atoms with E-state index in [-0.39, 0.29) is 30.6 Å². The summed E-state index contributed by atoms with van der Waals surface area (Å²) in [6.07, 6.45) is 36.0. The Labute approximate surface area is 366 Å². The van der Waals surface area contributed by atoms with Crippen LogP contribution in [0.15, 0.2) is 0 Å². The molecule has 0 amide bonds. The normalized spacial score (nSPS) is 11.7. The molecule has 0 atom stereocenters. The van der Waals surface area contributed by atoms with Crippen LogP contribution in [-0.2, 0) is 33.3 Å². The lowest BCUT2D eigenvalue weighted by Crippen LogP contribution is -2.23. The quantitative estimate of drug-likeness (QED) is 0.0340. The molecule has 0 aliphatic carbocycles. The van der Waals surface area contributed by atoms with E-state index >= 15 is 0 Å². The zero-order valence-electron chi connectivity index (χ0n) is 40.1. The molecule has 59 heavy (non-hydrogen) atoms. The molecule has 0 N–H and O–H groups in total. The molecule has 0 aliphatic rings. The highest BCUT2D eigenvalue weighted by Gasteiger charge is 2.16. The van der Waals surface area contributed by atoms with Gasteiger partial charge in [0.1, 0.15) is 12.7 Å². The number of rotatable bonds is 46. The maximum atomic E-state index is 12.7. The van der Waals surface area contributed by atoms with Crippen LogP contribution in [0, 0.1) is 11.8 Å². The van der Waals surface area contributed by atoms with Crippen molar-refractivity contribution in [2.45, 2.75) is 253 Å². The zero-order valence-corrected chi connectivity index (χ0v) is 40.1. The smallest absolute Gasteiger partial charge is 0.332 e. The molecule has 0 bridgehead atoms. The molecule has 0 saturated carbocycles. The third-order valence-electron chi connectivity index (χ3n) is 12.1. The number of hydrogen-bond donors (Lipinski definition) is 0. The van der Waals surface area contributed by atoms with Gasteiger partial charge in [0.05, 0.1) is 13.2 Å². The molecule has 8 heteroatoms. The first-order chi connectivity index (χ1) is 28.8. The number of carbonyl (C=O) groups excluding carboxylic acids is 3. The summed E-state index contributed by atoms with van der Waals surface area (Å²) in [4.78, 5) is 39.8. The number of carbonyl (C=O) groups is 3. The third-order valence-corrected chi connectivity index (χ3v) is 12.1. The van der Waals surface area contributed by atoms with E-state index in [1.54, 1.807) is 0 Å². The Morgan fingerprint density at radius 2 is 0.814 bits per heavy atom. The molecular formula is C51H99NO7. The topological polar surface area (TPSA) is 91.4 Å². The second-order valence-corrected chi connectivity index (χ2v) is 17.8. The van der Waals surface area contributed by atoms with Gasteiger partial charge in [0.2, 0.25) is 0 Å². The number of hydrogen-bond acceptors (Lipinski definition) is 8. The van der Waals surface area contributed by atoms with Crippen molar-refractivity contribution in [2.24, 2.45) is 11.8 Å². The van der Waals surface area contributed by atoms with Crippen molar-refractivity contribution in [3.05, 3.63) is 0 Å². The Balaban J connectivity index is 4.47. The van der Waals surface area contributed by atoms with Gasteiger partial charge in [0, 0.05) is 26.0 Å². The first-order valence-corrected chi connectivity index (χ1v) is 25.6. The van der Waals surface area contributed by atoms with Crippen molar-refractivity contribution in [1.82, 2.24) is 4.90 Å². The Kier molecular flexibility index (Phi) is 43.1. The summed E-state index contributed by atoms with van der Waals surface area (Å²) >= 11 is 0. The molecule has 0 heterocycles. The highest BCUT2D eigenvalue weighted by Crippen LogP contribution is 2.23. The van der Waals surface area contributed by atoms with E-state index in [0.29, 0.717) is 44.5 Å². The minimum Gasteiger partial charge on any atom is -0.466 e. The fraction of sp³-hybridized carbons (Fsp3) is 0.941. The van der Waals surface area contributed by atoms with Crippen LogP contribution in [0.1, 0.15) is 247 Å². The van der Waals surface area contributed by atoms with E-state index in [0.717, 1.165) is 109 Å². The lowest BCUT2D eigenvalue weighted by molar-refractivity contribution is -0.155. The van der Waals surface area contributed by atoms with Gasteiger partial charge in [-0.1, -0.05) is 176 Å². The molecule has 0 aromatic rings. The van der Waals surface area contributed by atoms with Gasteiger partial charge in [-0.15, -0.1) is 0 Å². The van der Waals surface area contributed by atoms with Crippen LogP contribution in [0.5, 0.6) is 0 Å². The molecule has 0 spiro atoms. The number of unbranched alkanes of at least 4 members (excludes halogenated alkanes) is 16. The molecule has 0 aromatic heterocycles. The van der Waals surface area contributed by atoms with Gasteiger partial charge in [-0.25, -0.2) is 4.79 Å². The predicted molar refractivity (Wildman–Crippen MR) is 248 cm³/mol. The fourth-order valence-electron chi connectivity index (χ4n) is 8.00. The molecular weight excluding hydrogens is 739 g/mol. The summed E-state index contributed by atoms with van der Waals surface area (Å²) in [7, 11) is 2.09. The van der Waals surface area contributed by atoms with Crippen LogP contribution in [0.2, 0.25) is 0 Å². The standard InChI is InChI=1S/C51H99NO7/c1-7-12-22-31-46(32-23-13-8-2)39-43-57-49(53)37-28-20-16-18-26-35-48(59-51(55)45-56-42-30-41-52(6)11-5)36-27-19-17-21-29-38-50(54)58-44-40-47(33-24-14-9-3)34-25-15-10-4/h46-48H,7-45H2,1-6H3. The maximum Gasteiger partial charge on any atom is 0.332 e. The number of esters is 3. The molecule has 0 radical (unpaired) electrons. The second-order valence-electron chi connectivity index (χ2n) is 17.8. The Hall–Kier alpha value is -1.67. The summed E-state index contributed by atoms with van der Waals surface area (Å²) < 4.78 is 22.9. The van der Waals surface area contributed by atoms with Gasteiger partial charge < -0.3 is 23.8 Å².